The molecule has 10 heavy (non-hydrogen) atoms. The minimum absolute atomic E-state index is 0.167. The average molecular weight is 144 g/mol. The lowest BCUT2D eigenvalue weighted by atomic mass is 10.0. The molecule has 0 unspecified atom stereocenters. The Balaban J connectivity index is 3.72. The molecule has 0 aliphatic carbocycles. The second-order valence-corrected chi connectivity index (χ2v) is 3.00. The van der Waals surface area contributed by atoms with E-state index in [1.54, 1.807) is 0 Å². The summed E-state index contributed by atoms with van der Waals surface area (Å²) in [7, 11) is 1.87. The van der Waals surface area contributed by atoms with Gasteiger partial charge in [-0.1, -0.05) is 13.8 Å². The second-order valence-electron chi connectivity index (χ2n) is 3.00. The summed E-state index contributed by atoms with van der Waals surface area (Å²) < 4.78 is 0. The molecule has 2 nitrogen and oxygen atoms in total. The van der Waals surface area contributed by atoms with Gasteiger partial charge < -0.3 is 10.4 Å². The molecule has 0 saturated carbocycles. The summed E-state index contributed by atoms with van der Waals surface area (Å²) in [6.07, 6.45) is 0.999. The first-order valence-corrected chi connectivity index (χ1v) is 3.65. The van der Waals surface area contributed by atoms with Crippen molar-refractivity contribution in [3.8, 4) is 0 Å². The normalized spacial score (nSPS) is 13.6. The van der Waals surface area contributed by atoms with Crippen molar-refractivity contribution in [3.63, 3.8) is 0 Å². The first kappa shape index (κ1) is 9.50. The predicted octanol–water partition coefficient (Wildman–Crippen LogP) is 0.859. The Morgan fingerprint density at radius 2 is 2.10 bits per heavy atom. The SMILES string of the molecule is C=C([OH2+])[C@H](CC(C)C)NC. The Kier molecular flexibility index (Phi) is 4.12. The van der Waals surface area contributed by atoms with Crippen molar-refractivity contribution in [2.45, 2.75) is 26.3 Å². The molecule has 0 aromatic heterocycles. The maximum atomic E-state index is 7.27. The van der Waals surface area contributed by atoms with E-state index in [-0.39, 0.29) is 6.04 Å². The molecule has 1 atom stereocenters. The van der Waals surface area contributed by atoms with Crippen LogP contribution in [0.4, 0.5) is 0 Å². The zero-order chi connectivity index (χ0) is 8.15. The highest BCUT2D eigenvalue weighted by molar-refractivity contribution is 4.93. The van der Waals surface area contributed by atoms with Gasteiger partial charge in [-0.2, -0.15) is 0 Å². The summed E-state index contributed by atoms with van der Waals surface area (Å²) in [6, 6.07) is 0.167. The van der Waals surface area contributed by atoms with E-state index in [1.807, 2.05) is 7.05 Å². The van der Waals surface area contributed by atoms with Crippen molar-refractivity contribution < 1.29 is 5.11 Å². The predicted molar refractivity (Wildman–Crippen MR) is 45.1 cm³/mol. The van der Waals surface area contributed by atoms with E-state index in [0.29, 0.717) is 11.7 Å². The fraction of sp³-hybridized carbons (Fsp3) is 0.750. The molecule has 60 valence electrons. The van der Waals surface area contributed by atoms with Gasteiger partial charge in [-0.15, -0.1) is 0 Å². The zero-order valence-corrected chi connectivity index (χ0v) is 7.07. The number of nitrogens with one attached hydrogen (secondary N) is 1. The van der Waals surface area contributed by atoms with Crippen LogP contribution in [0.2, 0.25) is 0 Å². The minimum atomic E-state index is 0.167. The van der Waals surface area contributed by atoms with Gasteiger partial charge in [0, 0.05) is 0 Å². The van der Waals surface area contributed by atoms with Crippen LogP contribution in [-0.4, -0.2) is 18.2 Å². The third-order valence-corrected chi connectivity index (χ3v) is 1.48. The number of rotatable bonds is 4. The molecule has 2 heteroatoms. The number of likely N-dealkylation sites (N-methyl/N-ethyl adjacent to an activating group) is 1. The molecule has 0 rings (SSSR count). The lowest BCUT2D eigenvalue weighted by molar-refractivity contribution is 0.324. The van der Waals surface area contributed by atoms with Crippen LogP contribution in [0.15, 0.2) is 12.3 Å². The summed E-state index contributed by atoms with van der Waals surface area (Å²) in [5.41, 5.74) is 0. The molecule has 0 amide bonds. The van der Waals surface area contributed by atoms with Crippen LogP contribution < -0.4 is 5.32 Å². The third-order valence-electron chi connectivity index (χ3n) is 1.48. The van der Waals surface area contributed by atoms with Gasteiger partial charge in [-0.3, -0.25) is 0 Å². The molecule has 0 saturated heterocycles. The Bertz CT molecular complexity index is 110. The maximum Gasteiger partial charge on any atom is 0.238 e. The average Bonchev–Trinajstić information content (AvgIpc) is 1.81. The Morgan fingerprint density at radius 1 is 1.60 bits per heavy atom. The van der Waals surface area contributed by atoms with Crippen LogP contribution in [0, 0.1) is 5.92 Å². The fourth-order valence-electron chi connectivity index (χ4n) is 0.906. The van der Waals surface area contributed by atoms with Crippen LogP contribution in [-0.2, 0) is 0 Å². The summed E-state index contributed by atoms with van der Waals surface area (Å²) >= 11 is 0. The molecule has 0 heterocycles. The van der Waals surface area contributed by atoms with Crippen molar-refractivity contribution in [2.24, 2.45) is 5.92 Å². The standard InChI is InChI=1S/C8H17NO/c1-6(2)5-8(9-4)7(3)10/h6,8-10H,3,5H2,1-2,4H3/p+1/t8-/m0/s1. The van der Waals surface area contributed by atoms with Gasteiger partial charge in [-0.05, 0) is 26.0 Å². The van der Waals surface area contributed by atoms with E-state index in [0.717, 1.165) is 6.42 Å². The lowest BCUT2D eigenvalue weighted by Gasteiger charge is -2.13. The van der Waals surface area contributed by atoms with E-state index in [9.17, 15) is 0 Å². The quantitative estimate of drug-likeness (QED) is 0.461. The Hall–Kier alpha value is -0.500. The molecule has 0 bridgehead atoms. The summed E-state index contributed by atoms with van der Waals surface area (Å²) in [5, 5.41) is 10.3. The van der Waals surface area contributed by atoms with Crippen molar-refractivity contribution in [2.75, 3.05) is 7.05 Å². The summed E-state index contributed by atoms with van der Waals surface area (Å²) in [6.45, 7) is 7.88. The first-order valence-electron chi connectivity index (χ1n) is 3.65. The van der Waals surface area contributed by atoms with Crippen LogP contribution in [0.25, 0.3) is 0 Å². The zero-order valence-electron chi connectivity index (χ0n) is 7.07. The highest BCUT2D eigenvalue weighted by Gasteiger charge is 2.14. The second kappa shape index (κ2) is 4.34. The van der Waals surface area contributed by atoms with Crippen LogP contribution in [0.3, 0.4) is 0 Å². The van der Waals surface area contributed by atoms with Crippen molar-refractivity contribution in [3.05, 3.63) is 12.3 Å². The molecular formula is C8H18NO+. The van der Waals surface area contributed by atoms with Gasteiger partial charge in [0.1, 0.15) is 6.04 Å². The lowest BCUT2D eigenvalue weighted by Crippen LogP contribution is -2.28. The number of hydrogen-bond acceptors (Lipinski definition) is 1. The van der Waals surface area contributed by atoms with Crippen LogP contribution in [0.5, 0.6) is 0 Å². The highest BCUT2D eigenvalue weighted by Crippen LogP contribution is 2.08. The minimum Gasteiger partial charge on any atom is -0.596 e. The molecule has 3 N–H and O–H groups in total. The van der Waals surface area contributed by atoms with E-state index < -0.39 is 0 Å². The molecule has 0 aromatic carbocycles. The van der Waals surface area contributed by atoms with Gasteiger partial charge in [0.2, 0.25) is 5.76 Å². The van der Waals surface area contributed by atoms with E-state index in [4.69, 9.17) is 5.11 Å². The molecule has 0 radical (unpaired) electrons. The topological polar surface area (TPSA) is 34.9 Å². The molecule has 0 spiro atoms. The molecule has 0 aromatic rings. The van der Waals surface area contributed by atoms with Crippen molar-refractivity contribution >= 4 is 0 Å². The molecule has 0 aliphatic heterocycles. The van der Waals surface area contributed by atoms with Gasteiger partial charge in [0.05, 0.1) is 0 Å². The summed E-state index contributed by atoms with van der Waals surface area (Å²) in [4.78, 5) is 0. The van der Waals surface area contributed by atoms with Crippen LogP contribution in [0.1, 0.15) is 20.3 Å². The van der Waals surface area contributed by atoms with E-state index in [2.05, 4.69) is 25.7 Å². The highest BCUT2D eigenvalue weighted by atomic mass is 16.3. The van der Waals surface area contributed by atoms with E-state index >= 15 is 0 Å². The molecule has 0 aliphatic rings. The fourth-order valence-corrected chi connectivity index (χ4v) is 0.906. The Labute approximate surface area is 62.9 Å². The monoisotopic (exact) mass is 144 g/mol. The largest absolute Gasteiger partial charge is 0.596 e. The Morgan fingerprint density at radius 3 is 2.20 bits per heavy atom. The van der Waals surface area contributed by atoms with Crippen molar-refractivity contribution in [1.82, 2.24) is 5.32 Å². The van der Waals surface area contributed by atoms with E-state index in [1.165, 1.54) is 0 Å². The van der Waals surface area contributed by atoms with Gasteiger partial charge >= 0.3 is 0 Å². The maximum absolute atomic E-state index is 7.27. The number of hydrogen-bond donors (Lipinski definition) is 1. The summed E-state index contributed by atoms with van der Waals surface area (Å²) in [5.74, 6) is 1.11. The smallest absolute Gasteiger partial charge is 0.238 e. The van der Waals surface area contributed by atoms with Gasteiger partial charge in [0.15, 0.2) is 0 Å². The van der Waals surface area contributed by atoms with Gasteiger partial charge in [0.25, 0.3) is 0 Å². The van der Waals surface area contributed by atoms with Gasteiger partial charge in [-0.25, -0.2) is 0 Å². The first-order chi connectivity index (χ1) is 4.57. The molecular weight excluding hydrogens is 126 g/mol. The molecule has 0 fully saturated rings. The van der Waals surface area contributed by atoms with Crippen molar-refractivity contribution in [1.29, 1.82) is 0 Å². The van der Waals surface area contributed by atoms with Crippen LogP contribution >= 0.6 is 0 Å². The third kappa shape index (κ3) is 3.51.